The number of rotatable bonds is 18. The van der Waals surface area contributed by atoms with Gasteiger partial charge >= 0.3 is 5.97 Å². The van der Waals surface area contributed by atoms with E-state index in [-0.39, 0.29) is 31.6 Å². The fourth-order valence-electron chi connectivity index (χ4n) is 4.30. The topological polar surface area (TPSA) is 180 Å². The molecule has 0 fully saturated rings. The molecule has 0 saturated heterocycles. The van der Waals surface area contributed by atoms with Gasteiger partial charge in [0.25, 0.3) is 0 Å². The summed E-state index contributed by atoms with van der Waals surface area (Å²) in [5.41, 5.74) is 7.81. The van der Waals surface area contributed by atoms with E-state index in [1.165, 1.54) is 11.8 Å². The zero-order valence-corrected chi connectivity index (χ0v) is 25.7. The van der Waals surface area contributed by atoms with E-state index >= 15 is 0 Å². The van der Waals surface area contributed by atoms with E-state index in [1.807, 2.05) is 80.8 Å². The van der Waals surface area contributed by atoms with Crippen LogP contribution in [0.3, 0.4) is 0 Å². The Balaban J connectivity index is 2.05. The van der Waals surface area contributed by atoms with Gasteiger partial charge in [-0.1, -0.05) is 74.5 Å². The van der Waals surface area contributed by atoms with E-state index in [0.717, 1.165) is 11.1 Å². The summed E-state index contributed by atoms with van der Waals surface area (Å²) in [5, 5.41) is 19.8. The van der Waals surface area contributed by atoms with Gasteiger partial charge in [-0.3, -0.25) is 19.2 Å². The van der Waals surface area contributed by atoms with Crippen molar-refractivity contribution in [1.29, 1.82) is 0 Å². The lowest BCUT2D eigenvalue weighted by atomic mass is 10.0. The van der Waals surface area contributed by atoms with Crippen LogP contribution in [0.2, 0.25) is 0 Å². The van der Waals surface area contributed by atoms with Crippen LogP contribution in [0.25, 0.3) is 0 Å². The lowest BCUT2D eigenvalue weighted by molar-refractivity contribution is -0.142. The summed E-state index contributed by atoms with van der Waals surface area (Å²) < 4.78 is 0. The zero-order valence-electron chi connectivity index (χ0n) is 24.9. The predicted molar refractivity (Wildman–Crippen MR) is 167 cm³/mol. The predicted octanol–water partition coefficient (Wildman–Crippen LogP) is 1.25. The van der Waals surface area contributed by atoms with Gasteiger partial charge in [-0.25, -0.2) is 4.79 Å². The van der Waals surface area contributed by atoms with Crippen LogP contribution < -0.4 is 27.0 Å². The van der Waals surface area contributed by atoms with Gasteiger partial charge in [-0.2, -0.15) is 11.8 Å². The van der Waals surface area contributed by atoms with Crippen molar-refractivity contribution in [1.82, 2.24) is 21.3 Å². The average molecular weight is 614 g/mol. The van der Waals surface area contributed by atoms with Crippen LogP contribution in [0.15, 0.2) is 60.7 Å². The van der Waals surface area contributed by atoms with Crippen LogP contribution in [0, 0.1) is 5.92 Å². The molecule has 11 nitrogen and oxygen atoms in total. The SMILES string of the molecule is CSCC[C@H](NC(=O)[C@H](CC(C)C)NC(=O)CNC(=O)[C@H](Cc1ccccc1)NC(=O)[C@@H](N)Cc1ccccc1)C(=O)O. The first-order valence-corrected chi connectivity index (χ1v) is 15.6. The second-order valence-electron chi connectivity index (χ2n) is 10.7. The Bertz CT molecular complexity index is 1200. The van der Waals surface area contributed by atoms with E-state index in [1.54, 1.807) is 0 Å². The van der Waals surface area contributed by atoms with Gasteiger partial charge < -0.3 is 32.1 Å². The second-order valence-corrected chi connectivity index (χ2v) is 11.7. The van der Waals surface area contributed by atoms with Crippen LogP contribution in [-0.4, -0.2) is 77.4 Å². The Hall–Kier alpha value is -3.90. The molecule has 0 heterocycles. The third kappa shape index (κ3) is 13.3. The summed E-state index contributed by atoms with van der Waals surface area (Å²) in [5.74, 6) is -2.92. The van der Waals surface area contributed by atoms with Crippen LogP contribution in [0.4, 0.5) is 0 Å². The molecule has 0 aliphatic heterocycles. The number of carboxylic acids is 1. The van der Waals surface area contributed by atoms with Crippen LogP contribution in [0.5, 0.6) is 0 Å². The summed E-state index contributed by atoms with van der Waals surface area (Å²) >= 11 is 1.46. The third-order valence-corrected chi connectivity index (χ3v) is 7.20. The molecule has 2 aromatic rings. The maximum Gasteiger partial charge on any atom is 0.326 e. The molecule has 0 aliphatic rings. The van der Waals surface area contributed by atoms with Crippen molar-refractivity contribution in [2.45, 2.75) is 63.7 Å². The minimum atomic E-state index is -1.15. The molecule has 2 aromatic carbocycles. The van der Waals surface area contributed by atoms with E-state index in [4.69, 9.17) is 5.73 Å². The highest BCUT2D eigenvalue weighted by Crippen LogP contribution is 2.08. The normalized spacial score (nSPS) is 13.7. The van der Waals surface area contributed by atoms with E-state index < -0.39 is 60.3 Å². The highest BCUT2D eigenvalue weighted by atomic mass is 32.2. The number of nitrogens with two attached hydrogens (primary N) is 1. The standard InChI is InChI=1S/C31H43N5O6S/c1-20(2)16-25(30(40)35-24(31(41)42)14-15-43-3)34-27(37)19-33-29(39)26(18-22-12-8-5-9-13-22)36-28(38)23(32)17-21-10-6-4-7-11-21/h4-13,20,23-26H,14-19,32H2,1-3H3,(H,33,39)(H,34,37)(H,35,40)(H,36,38)(H,41,42)/t23-,24-,25-,26-/m0/s1. The van der Waals surface area contributed by atoms with Crippen molar-refractivity contribution < 1.29 is 29.1 Å². The van der Waals surface area contributed by atoms with Crippen molar-refractivity contribution >= 4 is 41.4 Å². The molecule has 43 heavy (non-hydrogen) atoms. The zero-order chi connectivity index (χ0) is 31.8. The summed E-state index contributed by atoms with van der Waals surface area (Å²) in [6.07, 6.45) is 2.81. The molecular formula is C31H43N5O6S. The average Bonchev–Trinajstić information content (AvgIpc) is 2.97. The molecule has 0 spiro atoms. The number of nitrogens with one attached hydrogen (secondary N) is 4. The number of aliphatic carboxylic acids is 1. The Kier molecular flexibility index (Phi) is 15.3. The van der Waals surface area contributed by atoms with E-state index in [2.05, 4.69) is 21.3 Å². The van der Waals surface area contributed by atoms with Crippen LogP contribution in [-0.2, 0) is 36.8 Å². The minimum absolute atomic E-state index is 0.0191. The van der Waals surface area contributed by atoms with Gasteiger partial charge in [-0.05, 0) is 48.3 Å². The van der Waals surface area contributed by atoms with E-state index in [9.17, 15) is 29.1 Å². The molecular weight excluding hydrogens is 570 g/mol. The van der Waals surface area contributed by atoms with Crippen LogP contribution >= 0.6 is 11.8 Å². The summed E-state index contributed by atoms with van der Waals surface area (Å²) in [4.78, 5) is 63.5. The smallest absolute Gasteiger partial charge is 0.326 e. The molecule has 7 N–H and O–H groups in total. The number of hydrogen-bond donors (Lipinski definition) is 6. The highest BCUT2D eigenvalue weighted by molar-refractivity contribution is 7.98. The fraction of sp³-hybridized carbons (Fsp3) is 0.452. The molecule has 234 valence electrons. The first-order chi connectivity index (χ1) is 20.5. The maximum absolute atomic E-state index is 13.2. The number of amides is 4. The quantitative estimate of drug-likeness (QED) is 0.145. The second kappa shape index (κ2) is 18.6. The Morgan fingerprint density at radius 1 is 0.767 bits per heavy atom. The highest BCUT2D eigenvalue weighted by Gasteiger charge is 2.28. The molecule has 0 aromatic heterocycles. The van der Waals surface area contributed by atoms with Crippen molar-refractivity contribution in [3.63, 3.8) is 0 Å². The first kappa shape index (κ1) is 35.3. The van der Waals surface area contributed by atoms with Crippen molar-refractivity contribution in [2.24, 2.45) is 11.7 Å². The molecule has 12 heteroatoms. The monoisotopic (exact) mass is 613 g/mol. The van der Waals surface area contributed by atoms with E-state index in [0.29, 0.717) is 5.75 Å². The largest absolute Gasteiger partial charge is 0.480 e. The van der Waals surface area contributed by atoms with Crippen LogP contribution in [0.1, 0.15) is 37.8 Å². The number of benzene rings is 2. The van der Waals surface area contributed by atoms with Crippen molar-refractivity contribution in [3.8, 4) is 0 Å². The van der Waals surface area contributed by atoms with Gasteiger partial charge in [0.1, 0.15) is 18.1 Å². The summed E-state index contributed by atoms with van der Waals surface area (Å²) in [6.45, 7) is 3.29. The molecule has 0 unspecified atom stereocenters. The fourth-order valence-corrected chi connectivity index (χ4v) is 4.77. The molecule has 4 atom stereocenters. The Labute approximate surface area is 257 Å². The molecule has 0 aliphatic carbocycles. The summed E-state index contributed by atoms with van der Waals surface area (Å²) in [7, 11) is 0. The molecule has 0 radical (unpaired) electrons. The molecule has 2 rings (SSSR count). The number of hydrogen-bond acceptors (Lipinski definition) is 7. The minimum Gasteiger partial charge on any atom is -0.480 e. The van der Waals surface area contributed by atoms with Crippen molar-refractivity contribution in [2.75, 3.05) is 18.6 Å². The van der Waals surface area contributed by atoms with Crippen molar-refractivity contribution in [3.05, 3.63) is 71.8 Å². The van der Waals surface area contributed by atoms with Gasteiger partial charge in [0.15, 0.2) is 0 Å². The number of thioether (sulfide) groups is 1. The molecule has 0 bridgehead atoms. The lowest BCUT2D eigenvalue weighted by Gasteiger charge is -2.23. The van der Waals surface area contributed by atoms with Gasteiger partial charge in [0.2, 0.25) is 23.6 Å². The van der Waals surface area contributed by atoms with Gasteiger partial charge in [0.05, 0.1) is 12.6 Å². The Morgan fingerprint density at radius 2 is 1.33 bits per heavy atom. The number of carbonyl (C=O) groups is 5. The molecule has 0 saturated carbocycles. The molecule has 4 amide bonds. The number of carbonyl (C=O) groups excluding carboxylic acids is 4. The maximum atomic E-state index is 13.2. The van der Waals surface area contributed by atoms with Gasteiger partial charge in [0, 0.05) is 6.42 Å². The third-order valence-electron chi connectivity index (χ3n) is 6.56. The Morgan fingerprint density at radius 3 is 1.86 bits per heavy atom. The lowest BCUT2D eigenvalue weighted by Crippen LogP contribution is -2.56. The number of carboxylic acid groups (broad SMARTS) is 1. The summed E-state index contributed by atoms with van der Waals surface area (Å²) in [6, 6.07) is 14.4. The first-order valence-electron chi connectivity index (χ1n) is 14.2. The van der Waals surface area contributed by atoms with Gasteiger partial charge in [-0.15, -0.1) is 0 Å².